The average molecular weight is 412 g/mol. The van der Waals surface area contributed by atoms with Crippen molar-refractivity contribution >= 4 is 39.3 Å². The number of hydrogen-bond donors (Lipinski definition) is 2. The maximum Gasteiger partial charge on any atom is 0.279 e. The fourth-order valence-electron chi connectivity index (χ4n) is 1.89. The van der Waals surface area contributed by atoms with Crippen LogP contribution >= 0.6 is 27.5 Å². The van der Waals surface area contributed by atoms with Crippen molar-refractivity contribution in [3.63, 3.8) is 0 Å². The number of ether oxygens (including phenoxy) is 1. The van der Waals surface area contributed by atoms with Crippen molar-refractivity contribution in [3.8, 4) is 5.75 Å². The van der Waals surface area contributed by atoms with Crippen LogP contribution in [0, 0.1) is 0 Å². The second-order valence-electron chi connectivity index (χ2n) is 5.02. The van der Waals surface area contributed by atoms with E-state index in [0.29, 0.717) is 16.3 Å². The third-order valence-electron chi connectivity index (χ3n) is 3.11. The van der Waals surface area contributed by atoms with Gasteiger partial charge in [-0.05, 0) is 36.8 Å². The highest BCUT2D eigenvalue weighted by atomic mass is 79.9. The summed E-state index contributed by atoms with van der Waals surface area (Å²) in [7, 11) is 0. The predicted molar refractivity (Wildman–Crippen MR) is 95.7 cm³/mol. The van der Waals surface area contributed by atoms with Crippen molar-refractivity contribution in [1.82, 2.24) is 10.9 Å². The minimum absolute atomic E-state index is 0.0703. The molecule has 24 heavy (non-hydrogen) atoms. The van der Waals surface area contributed by atoms with Crippen LogP contribution in [0.4, 0.5) is 0 Å². The van der Waals surface area contributed by atoms with Gasteiger partial charge in [0.2, 0.25) is 5.91 Å². The number of hydrogen-bond acceptors (Lipinski definition) is 3. The molecule has 126 valence electrons. The topological polar surface area (TPSA) is 67.4 Å². The smallest absolute Gasteiger partial charge is 0.279 e. The lowest BCUT2D eigenvalue weighted by Crippen LogP contribution is -2.47. The van der Waals surface area contributed by atoms with E-state index < -0.39 is 12.0 Å². The summed E-state index contributed by atoms with van der Waals surface area (Å²) in [6.07, 6.45) is -0.694. The number of rotatable bonds is 5. The van der Waals surface area contributed by atoms with Crippen LogP contribution in [0.25, 0.3) is 0 Å². The summed E-state index contributed by atoms with van der Waals surface area (Å²) in [5.74, 6) is -0.275. The molecule has 0 spiro atoms. The SMILES string of the molecule is C[C@H](Oc1cccc(Br)c1)C(=O)NNC(=O)Cc1ccccc1Cl. The van der Waals surface area contributed by atoms with Gasteiger partial charge in [0.05, 0.1) is 6.42 Å². The van der Waals surface area contributed by atoms with E-state index in [-0.39, 0.29) is 12.3 Å². The van der Waals surface area contributed by atoms with Gasteiger partial charge in [0, 0.05) is 9.50 Å². The molecule has 2 rings (SSSR count). The maximum atomic E-state index is 12.0. The summed E-state index contributed by atoms with van der Waals surface area (Å²) in [6, 6.07) is 14.2. The van der Waals surface area contributed by atoms with Gasteiger partial charge in [-0.1, -0.05) is 51.8 Å². The van der Waals surface area contributed by atoms with Gasteiger partial charge in [-0.2, -0.15) is 0 Å². The Hall–Kier alpha value is -2.05. The Morgan fingerprint density at radius 2 is 1.92 bits per heavy atom. The van der Waals surface area contributed by atoms with Crippen LogP contribution in [0.1, 0.15) is 12.5 Å². The van der Waals surface area contributed by atoms with E-state index in [1.54, 1.807) is 49.4 Å². The van der Waals surface area contributed by atoms with E-state index in [1.807, 2.05) is 6.07 Å². The van der Waals surface area contributed by atoms with Crippen molar-refractivity contribution in [3.05, 3.63) is 63.6 Å². The van der Waals surface area contributed by atoms with E-state index in [9.17, 15) is 9.59 Å². The Balaban J connectivity index is 1.81. The Morgan fingerprint density at radius 3 is 2.62 bits per heavy atom. The predicted octanol–water partition coefficient (Wildman–Crippen LogP) is 3.26. The Kier molecular flexibility index (Phi) is 6.63. The van der Waals surface area contributed by atoms with Crippen molar-refractivity contribution in [1.29, 1.82) is 0 Å². The fourth-order valence-corrected chi connectivity index (χ4v) is 2.47. The van der Waals surface area contributed by atoms with E-state index in [2.05, 4.69) is 26.8 Å². The van der Waals surface area contributed by atoms with Crippen molar-refractivity contribution in [2.75, 3.05) is 0 Å². The van der Waals surface area contributed by atoms with Crippen LogP contribution in [0.5, 0.6) is 5.75 Å². The summed E-state index contributed by atoms with van der Waals surface area (Å²) in [4.78, 5) is 23.8. The largest absolute Gasteiger partial charge is 0.481 e. The van der Waals surface area contributed by atoms with Gasteiger partial charge in [-0.3, -0.25) is 20.4 Å². The molecule has 0 unspecified atom stereocenters. The Bertz CT molecular complexity index is 739. The molecule has 0 radical (unpaired) electrons. The first kappa shape index (κ1) is 18.3. The summed E-state index contributed by atoms with van der Waals surface area (Å²) in [5, 5.41) is 0.505. The first-order valence-electron chi connectivity index (χ1n) is 7.20. The molecule has 0 aliphatic heterocycles. The van der Waals surface area contributed by atoms with Gasteiger partial charge in [0.1, 0.15) is 5.75 Å². The van der Waals surface area contributed by atoms with Crippen LogP contribution in [-0.4, -0.2) is 17.9 Å². The van der Waals surface area contributed by atoms with Gasteiger partial charge in [-0.15, -0.1) is 0 Å². The molecule has 7 heteroatoms. The third kappa shape index (κ3) is 5.54. The van der Waals surface area contributed by atoms with Gasteiger partial charge in [0.15, 0.2) is 6.10 Å². The first-order valence-corrected chi connectivity index (χ1v) is 8.37. The minimum Gasteiger partial charge on any atom is -0.481 e. The zero-order valence-electron chi connectivity index (χ0n) is 12.9. The van der Waals surface area contributed by atoms with Crippen molar-refractivity contribution < 1.29 is 14.3 Å². The molecule has 0 fully saturated rings. The van der Waals surface area contributed by atoms with E-state index in [0.717, 1.165) is 4.47 Å². The molecule has 0 saturated heterocycles. The van der Waals surface area contributed by atoms with Crippen LogP contribution in [0.15, 0.2) is 53.0 Å². The molecule has 0 aliphatic rings. The molecule has 2 amide bonds. The molecule has 2 aromatic rings. The first-order chi connectivity index (χ1) is 11.5. The van der Waals surface area contributed by atoms with Crippen molar-refractivity contribution in [2.24, 2.45) is 0 Å². The second-order valence-corrected chi connectivity index (χ2v) is 6.35. The Morgan fingerprint density at radius 1 is 1.17 bits per heavy atom. The highest BCUT2D eigenvalue weighted by Crippen LogP contribution is 2.19. The molecule has 0 saturated carbocycles. The lowest BCUT2D eigenvalue weighted by molar-refractivity contribution is -0.132. The fraction of sp³-hybridized carbons (Fsp3) is 0.176. The van der Waals surface area contributed by atoms with Gasteiger partial charge in [-0.25, -0.2) is 0 Å². The second kappa shape index (κ2) is 8.70. The van der Waals surface area contributed by atoms with Gasteiger partial charge < -0.3 is 4.74 Å². The number of amides is 2. The lowest BCUT2D eigenvalue weighted by Gasteiger charge is -2.15. The summed E-state index contributed by atoms with van der Waals surface area (Å²) < 4.78 is 6.36. The Labute approximate surface area is 153 Å². The quantitative estimate of drug-likeness (QED) is 0.742. The van der Waals surface area contributed by atoms with Gasteiger partial charge in [0.25, 0.3) is 5.91 Å². The van der Waals surface area contributed by atoms with Crippen molar-refractivity contribution in [2.45, 2.75) is 19.4 Å². The van der Waals surface area contributed by atoms with E-state index in [4.69, 9.17) is 16.3 Å². The molecular formula is C17H16BrClN2O3. The number of hydrazine groups is 1. The molecule has 2 N–H and O–H groups in total. The van der Waals surface area contributed by atoms with Crippen LogP contribution < -0.4 is 15.6 Å². The molecule has 0 aliphatic carbocycles. The minimum atomic E-state index is -0.764. The molecule has 0 bridgehead atoms. The molecule has 0 heterocycles. The standard InChI is InChI=1S/C17H16BrClN2O3/c1-11(24-14-7-4-6-13(18)10-14)17(23)21-20-16(22)9-12-5-2-3-8-15(12)19/h2-8,10-11H,9H2,1H3,(H,20,22)(H,21,23)/t11-/m0/s1. The maximum absolute atomic E-state index is 12.0. The number of carbonyl (C=O) groups is 2. The average Bonchev–Trinajstić information content (AvgIpc) is 2.54. The normalized spacial score (nSPS) is 11.5. The monoisotopic (exact) mass is 410 g/mol. The third-order valence-corrected chi connectivity index (χ3v) is 3.97. The van der Waals surface area contributed by atoms with Crippen LogP contribution in [0.3, 0.4) is 0 Å². The summed E-state index contributed by atoms with van der Waals surface area (Å²) in [5.41, 5.74) is 5.37. The molecular weight excluding hydrogens is 396 g/mol. The van der Waals surface area contributed by atoms with Crippen LogP contribution in [-0.2, 0) is 16.0 Å². The molecule has 5 nitrogen and oxygen atoms in total. The zero-order valence-corrected chi connectivity index (χ0v) is 15.2. The molecule has 2 aromatic carbocycles. The van der Waals surface area contributed by atoms with Crippen LogP contribution in [0.2, 0.25) is 5.02 Å². The molecule has 1 atom stereocenters. The number of nitrogens with one attached hydrogen (secondary N) is 2. The lowest BCUT2D eigenvalue weighted by atomic mass is 10.1. The molecule has 0 aromatic heterocycles. The zero-order chi connectivity index (χ0) is 17.5. The number of halogens is 2. The van der Waals surface area contributed by atoms with E-state index in [1.165, 1.54) is 0 Å². The summed E-state index contributed by atoms with van der Waals surface area (Å²) in [6.45, 7) is 1.59. The number of benzene rings is 2. The highest BCUT2D eigenvalue weighted by molar-refractivity contribution is 9.10. The summed E-state index contributed by atoms with van der Waals surface area (Å²) >= 11 is 9.32. The highest BCUT2D eigenvalue weighted by Gasteiger charge is 2.16. The van der Waals surface area contributed by atoms with Gasteiger partial charge >= 0.3 is 0 Å². The van der Waals surface area contributed by atoms with E-state index >= 15 is 0 Å². The number of carbonyl (C=O) groups excluding carboxylic acids is 2.